The molecule has 2 rings (SSSR count). The predicted molar refractivity (Wildman–Crippen MR) is 104 cm³/mol. The molecule has 0 atom stereocenters. The molecule has 4 nitrogen and oxygen atoms in total. The number of nitrogens with zero attached hydrogens (tertiary/aromatic N) is 2. The second kappa shape index (κ2) is 7.75. The van der Waals surface area contributed by atoms with Crippen molar-refractivity contribution in [1.82, 2.24) is 3.96 Å². The van der Waals surface area contributed by atoms with E-state index in [0.717, 1.165) is 16.7 Å². The predicted octanol–water partition coefficient (Wildman–Crippen LogP) is 4.91. The highest BCUT2D eigenvalue weighted by atomic mass is 35.5. The fourth-order valence-electron chi connectivity index (χ4n) is 2.38. The zero-order valence-corrected chi connectivity index (χ0v) is 17.2. The molecule has 0 saturated heterocycles. The summed E-state index contributed by atoms with van der Waals surface area (Å²) >= 11 is 7.54. The van der Waals surface area contributed by atoms with Gasteiger partial charge in [-0.25, -0.2) is 0 Å². The van der Waals surface area contributed by atoms with Crippen molar-refractivity contribution in [2.45, 2.75) is 46.6 Å². The minimum Gasteiger partial charge on any atom is -0.496 e. The Labute approximate surface area is 158 Å². The van der Waals surface area contributed by atoms with Crippen LogP contribution < -0.4 is 9.41 Å². The van der Waals surface area contributed by atoms with Crippen LogP contribution in [0.4, 0.5) is 0 Å². The van der Waals surface area contributed by atoms with E-state index >= 15 is 0 Å². The maximum absolute atomic E-state index is 12.7. The van der Waals surface area contributed by atoms with Crippen LogP contribution in [0.1, 0.15) is 50.5 Å². The minimum atomic E-state index is -0.340. The van der Waals surface area contributed by atoms with E-state index in [1.807, 2.05) is 0 Å². The van der Waals surface area contributed by atoms with Crippen molar-refractivity contribution in [3.05, 3.63) is 45.2 Å². The number of methoxy groups -OCH3 is 1. The van der Waals surface area contributed by atoms with Crippen LogP contribution in [0.5, 0.6) is 5.75 Å². The monoisotopic (exact) mass is 380 g/mol. The van der Waals surface area contributed by atoms with Crippen LogP contribution in [0, 0.1) is 5.92 Å². The van der Waals surface area contributed by atoms with Crippen molar-refractivity contribution in [2.75, 3.05) is 7.11 Å². The summed E-state index contributed by atoms with van der Waals surface area (Å²) in [6.45, 7) is 10.7. The third-order valence-corrected chi connectivity index (χ3v) is 5.23. The summed E-state index contributed by atoms with van der Waals surface area (Å²) in [5.41, 5.74) is 1.41. The van der Waals surface area contributed by atoms with Gasteiger partial charge in [0.2, 0.25) is 0 Å². The van der Waals surface area contributed by atoms with Crippen LogP contribution in [0.25, 0.3) is 0 Å². The van der Waals surface area contributed by atoms with Gasteiger partial charge in [0.25, 0.3) is 5.91 Å². The Balaban J connectivity index is 2.54. The zero-order valence-electron chi connectivity index (χ0n) is 15.6. The molecule has 0 spiro atoms. The second-order valence-corrected chi connectivity index (χ2v) is 8.81. The third kappa shape index (κ3) is 4.95. The summed E-state index contributed by atoms with van der Waals surface area (Å²) in [4.78, 5) is 17.1. The molecule has 0 fully saturated rings. The Morgan fingerprint density at radius 2 is 2.04 bits per heavy atom. The molecule has 1 heterocycles. The highest BCUT2D eigenvalue weighted by Gasteiger charge is 2.18. The van der Waals surface area contributed by atoms with E-state index in [1.165, 1.54) is 18.6 Å². The second-order valence-electron chi connectivity index (χ2n) is 7.41. The number of ether oxygens (including phenoxy) is 1. The van der Waals surface area contributed by atoms with Crippen LogP contribution in [-0.4, -0.2) is 17.0 Å². The van der Waals surface area contributed by atoms with Gasteiger partial charge in [-0.3, -0.25) is 8.75 Å². The SMILES string of the molecule is COc1ccc(Cl)cc1C(=O)/N=c1\sn(C(C)(C)C)cc1CC(C)C. The van der Waals surface area contributed by atoms with E-state index in [-0.39, 0.29) is 11.4 Å². The van der Waals surface area contributed by atoms with Gasteiger partial charge in [-0.2, -0.15) is 4.99 Å². The average molecular weight is 381 g/mol. The number of aromatic nitrogens is 1. The molecular weight excluding hydrogens is 356 g/mol. The van der Waals surface area contributed by atoms with Gasteiger partial charge in [0.1, 0.15) is 10.4 Å². The van der Waals surface area contributed by atoms with Crippen LogP contribution in [0.15, 0.2) is 29.4 Å². The van der Waals surface area contributed by atoms with Gasteiger partial charge >= 0.3 is 0 Å². The molecule has 0 saturated carbocycles. The molecule has 0 unspecified atom stereocenters. The van der Waals surface area contributed by atoms with Gasteiger partial charge in [-0.15, -0.1) is 0 Å². The molecule has 0 aliphatic rings. The summed E-state index contributed by atoms with van der Waals surface area (Å²) in [5.74, 6) is 0.615. The van der Waals surface area contributed by atoms with Crippen LogP contribution >= 0.6 is 23.1 Å². The van der Waals surface area contributed by atoms with E-state index in [4.69, 9.17) is 16.3 Å². The summed E-state index contributed by atoms with van der Waals surface area (Å²) in [5, 5.41) is 0.484. The molecule has 1 aromatic carbocycles. The molecule has 1 aromatic heterocycles. The number of hydrogen-bond donors (Lipinski definition) is 0. The van der Waals surface area contributed by atoms with Crippen molar-refractivity contribution in [3.8, 4) is 5.75 Å². The number of halogens is 1. The minimum absolute atomic E-state index is 0.0546. The normalized spacial score (nSPS) is 12.7. The molecule has 136 valence electrons. The standard InChI is InChI=1S/C19H25ClN2O2S/c1-12(2)9-13-11-22(19(3,4)5)25-18(13)21-17(23)15-10-14(20)7-8-16(15)24-6/h7-8,10-12H,9H2,1-6H3/b21-18-. The first-order valence-corrected chi connectivity index (χ1v) is 9.42. The van der Waals surface area contributed by atoms with E-state index < -0.39 is 0 Å². The van der Waals surface area contributed by atoms with E-state index in [0.29, 0.717) is 22.3 Å². The lowest BCUT2D eigenvalue weighted by molar-refractivity contribution is 0.0996. The van der Waals surface area contributed by atoms with Crippen LogP contribution in [0.2, 0.25) is 5.02 Å². The third-order valence-electron chi connectivity index (χ3n) is 3.62. The van der Waals surface area contributed by atoms with Crippen molar-refractivity contribution < 1.29 is 9.53 Å². The number of rotatable bonds is 4. The van der Waals surface area contributed by atoms with E-state index in [9.17, 15) is 4.79 Å². The summed E-state index contributed by atoms with van der Waals surface area (Å²) in [6, 6.07) is 4.98. The van der Waals surface area contributed by atoms with Crippen molar-refractivity contribution >= 4 is 29.0 Å². The fraction of sp³-hybridized carbons (Fsp3) is 0.474. The summed E-state index contributed by atoms with van der Waals surface area (Å²) in [7, 11) is 1.53. The molecule has 6 heteroatoms. The van der Waals surface area contributed by atoms with Gasteiger partial charge in [0.05, 0.1) is 12.7 Å². The van der Waals surface area contributed by atoms with Crippen molar-refractivity contribution in [3.63, 3.8) is 0 Å². The number of hydrogen-bond acceptors (Lipinski definition) is 3. The lowest BCUT2D eigenvalue weighted by Crippen LogP contribution is -2.18. The lowest BCUT2D eigenvalue weighted by atomic mass is 10.1. The Hall–Kier alpha value is -1.59. The summed E-state index contributed by atoms with van der Waals surface area (Å²) in [6.07, 6.45) is 2.98. The van der Waals surface area contributed by atoms with E-state index in [2.05, 4.69) is 49.8 Å². The van der Waals surface area contributed by atoms with Crippen LogP contribution in [-0.2, 0) is 12.0 Å². The first kappa shape index (κ1) is 19.7. The smallest absolute Gasteiger partial charge is 0.282 e. The molecule has 2 aromatic rings. The Bertz CT molecular complexity index is 829. The molecule has 0 aliphatic heterocycles. The van der Waals surface area contributed by atoms with E-state index in [1.54, 1.807) is 18.2 Å². The Morgan fingerprint density at radius 1 is 1.36 bits per heavy atom. The van der Waals surface area contributed by atoms with Gasteiger partial charge in [-0.1, -0.05) is 25.4 Å². The fourth-order valence-corrected chi connectivity index (χ4v) is 3.57. The molecule has 0 radical (unpaired) electrons. The highest BCUT2D eigenvalue weighted by Crippen LogP contribution is 2.24. The first-order valence-electron chi connectivity index (χ1n) is 8.26. The largest absolute Gasteiger partial charge is 0.496 e. The maximum atomic E-state index is 12.7. The molecule has 0 aliphatic carbocycles. The molecular formula is C19H25ClN2O2S. The van der Waals surface area contributed by atoms with Gasteiger partial charge in [-0.05, 0) is 62.8 Å². The molecule has 0 N–H and O–H groups in total. The highest BCUT2D eigenvalue weighted by molar-refractivity contribution is 7.04. The maximum Gasteiger partial charge on any atom is 0.282 e. The lowest BCUT2D eigenvalue weighted by Gasteiger charge is -2.19. The average Bonchev–Trinajstić information content (AvgIpc) is 2.89. The topological polar surface area (TPSA) is 43.6 Å². The Morgan fingerprint density at radius 3 is 2.60 bits per heavy atom. The van der Waals surface area contributed by atoms with Crippen molar-refractivity contribution in [1.29, 1.82) is 0 Å². The Kier molecular flexibility index (Phi) is 6.12. The quantitative estimate of drug-likeness (QED) is 0.756. The zero-order chi connectivity index (χ0) is 18.8. The van der Waals surface area contributed by atoms with Gasteiger partial charge < -0.3 is 4.74 Å². The number of carbonyl (C=O) groups excluding carboxylic acids is 1. The molecule has 0 bridgehead atoms. The summed E-state index contributed by atoms with van der Waals surface area (Å²) < 4.78 is 8.16. The number of amides is 1. The molecule has 1 amide bonds. The first-order chi connectivity index (χ1) is 11.6. The number of carbonyl (C=O) groups is 1. The van der Waals surface area contributed by atoms with Crippen molar-refractivity contribution in [2.24, 2.45) is 10.9 Å². The number of benzene rings is 1. The van der Waals surface area contributed by atoms with Gasteiger partial charge in [0.15, 0.2) is 0 Å². The van der Waals surface area contributed by atoms with Gasteiger partial charge in [0, 0.05) is 22.3 Å². The van der Waals surface area contributed by atoms with Crippen LogP contribution in [0.3, 0.4) is 0 Å². The molecule has 25 heavy (non-hydrogen) atoms.